The zero-order chi connectivity index (χ0) is 10.1. The van der Waals surface area contributed by atoms with E-state index in [-0.39, 0.29) is 12.0 Å². The molecule has 3 atom stereocenters. The second-order valence-electron chi connectivity index (χ2n) is 4.36. The van der Waals surface area contributed by atoms with Crippen LogP contribution in [0.1, 0.15) is 19.8 Å². The molecule has 0 aliphatic carbocycles. The number of nitrogens with zero attached hydrogens (tertiary/aromatic N) is 1. The summed E-state index contributed by atoms with van der Waals surface area (Å²) in [5.41, 5.74) is 5.65. The van der Waals surface area contributed by atoms with E-state index in [1.165, 1.54) is 0 Å². The molecule has 0 aromatic carbocycles. The van der Waals surface area contributed by atoms with Crippen LogP contribution in [0.3, 0.4) is 0 Å². The molecule has 2 fully saturated rings. The largest absolute Gasteiger partial charge is 0.464 e. The highest BCUT2D eigenvalue weighted by atomic mass is 16.5. The predicted molar refractivity (Wildman–Crippen MR) is 52.7 cm³/mol. The molecule has 2 saturated heterocycles. The third kappa shape index (κ3) is 1.64. The van der Waals surface area contributed by atoms with Gasteiger partial charge in [0.15, 0.2) is 0 Å². The van der Waals surface area contributed by atoms with Gasteiger partial charge in [0, 0.05) is 19.0 Å². The first-order valence-electron chi connectivity index (χ1n) is 5.35. The van der Waals surface area contributed by atoms with E-state index >= 15 is 0 Å². The van der Waals surface area contributed by atoms with Crippen molar-refractivity contribution in [2.75, 3.05) is 19.7 Å². The van der Waals surface area contributed by atoms with Gasteiger partial charge in [0.2, 0.25) is 0 Å². The van der Waals surface area contributed by atoms with E-state index in [1.54, 1.807) is 0 Å². The molecule has 2 aliphatic heterocycles. The van der Waals surface area contributed by atoms with Gasteiger partial charge in [0.05, 0.1) is 6.61 Å². The molecule has 4 heteroatoms. The Labute approximate surface area is 84.4 Å². The van der Waals surface area contributed by atoms with Crippen molar-refractivity contribution in [1.29, 1.82) is 0 Å². The molecule has 2 aliphatic rings. The molecule has 14 heavy (non-hydrogen) atoms. The Hall–Kier alpha value is -0.610. The maximum absolute atomic E-state index is 11.4. The molecule has 2 N–H and O–H groups in total. The van der Waals surface area contributed by atoms with E-state index in [1.807, 2.05) is 0 Å². The van der Waals surface area contributed by atoms with Crippen LogP contribution in [0.5, 0.6) is 0 Å². The van der Waals surface area contributed by atoms with Gasteiger partial charge < -0.3 is 10.5 Å². The number of ether oxygens (including phenoxy) is 1. The number of carbonyl (C=O) groups excluding carboxylic acids is 1. The van der Waals surface area contributed by atoms with Crippen LogP contribution in [-0.4, -0.2) is 42.6 Å². The number of likely N-dealkylation sites (tertiary alicyclic amines) is 1. The smallest absolute Gasteiger partial charge is 0.323 e. The van der Waals surface area contributed by atoms with E-state index < -0.39 is 0 Å². The van der Waals surface area contributed by atoms with E-state index in [9.17, 15) is 4.79 Å². The van der Waals surface area contributed by atoms with E-state index in [2.05, 4.69) is 11.8 Å². The highest BCUT2D eigenvalue weighted by molar-refractivity contribution is 5.77. The highest BCUT2D eigenvalue weighted by Crippen LogP contribution is 2.27. The Morgan fingerprint density at radius 1 is 1.64 bits per heavy atom. The standard InChI is InChI=1S/C10H18N2O2/c1-7-4-8(5-11)6-12(7)9-2-3-14-10(9)13/h7-9H,2-6,11H2,1H3. The molecule has 0 radical (unpaired) electrons. The first kappa shape index (κ1) is 9.93. The zero-order valence-electron chi connectivity index (χ0n) is 8.61. The molecule has 0 bridgehead atoms. The summed E-state index contributed by atoms with van der Waals surface area (Å²) in [5, 5.41) is 0. The minimum Gasteiger partial charge on any atom is -0.464 e. The van der Waals surface area contributed by atoms with Gasteiger partial charge in [-0.3, -0.25) is 9.69 Å². The minimum atomic E-state index is -0.0467. The van der Waals surface area contributed by atoms with Crippen molar-refractivity contribution in [3.05, 3.63) is 0 Å². The SMILES string of the molecule is CC1CC(CN)CN1C1CCOC1=O. The third-order valence-corrected chi connectivity index (χ3v) is 3.35. The molecular formula is C10H18N2O2. The van der Waals surface area contributed by atoms with Crippen LogP contribution in [0.2, 0.25) is 0 Å². The lowest BCUT2D eigenvalue weighted by Crippen LogP contribution is -2.41. The summed E-state index contributed by atoms with van der Waals surface area (Å²) in [6, 6.07) is 0.473. The van der Waals surface area contributed by atoms with Gasteiger partial charge in [-0.05, 0) is 25.8 Å². The number of rotatable bonds is 2. The number of nitrogens with two attached hydrogens (primary N) is 1. The van der Waals surface area contributed by atoms with Gasteiger partial charge in [-0.2, -0.15) is 0 Å². The van der Waals surface area contributed by atoms with Gasteiger partial charge in [0.25, 0.3) is 0 Å². The Kier molecular flexibility index (Phi) is 2.74. The lowest BCUT2D eigenvalue weighted by molar-refractivity contribution is -0.142. The lowest BCUT2D eigenvalue weighted by Gasteiger charge is -2.24. The average Bonchev–Trinajstić information content (AvgIpc) is 2.72. The minimum absolute atomic E-state index is 0.00144. The molecule has 0 aromatic rings. The van der Waals surface area contributed by atoms with Gasteiger partial charge >= 0.3 is 5.97 Å². The molecule has 3 unspecified atom stereocenters. The van der Waals surface area contributed by atoms with Crippen molar-refractivity contribution in [1.82, 2.24) is 4.90 Å². The van der Waals surface area contributed by atoms with Crippen molar-refractivity contribution < 1.29 is 9.53 Å². The summed E-state index contributed by atoms with van der Waals surface area (Å²) in [5.74, 6) is 0.507. The van der Waals surface area contributed by atoms with Crippen LogP contribution < -0.4 is 5.73 Å². The number of carbonyl (C=O) groups is 1. The van der Waals surface area contributed by atoms with Crippen LogP contribution in [0.25, 0.3) is 0 Å². The van der Waals surface area contributed by atoms with Gasteiger partial charge in [-0.25, -0.2) is 0 Å². The maximum Gasteiger partial charge on any atom is 0.323 e. The molecule has 2 heterocycles. The van der Waals surface area contributed by atoms with Gasteiger partial charge in [0.1, 0.15) is 6.04 Å². The number of hydrogen-bond acceptors (Lipinski definition) is 4. The first-order valence-corrected chi connectivity index (χ1v) is 5.35. The van der Waals surface area contributed by atoms with Crippen LogP contribution in [0, 0.1) is 5.92 Å². The Balaban J connectivity index is 2.00. The predicted octanol–water partition coefficient (Wildman–Crippen LogP) is -0.0290. The van der Waals surface area contributed by atoms with Crippen LogP contribution in [-0.2, 0) is 9.53 Å². The lowest BCUT2D eigenvalue weighted by atomic mass is 10.1. The van der Waals surface area contributed by atoms with Crippen molar-refractivity contribution in [3.63, 3.8) is 0 Å². The van der Waals surface area contributed by atoms with Gasteiger partial charge in [-0.15, -0.1) is 0 Å². The quantitative estimate of drug-likeness (QED) is 0.633. The second kappa shape index (κ2) is 3.87. The zero-order valence-corrected chi connectivity index (χ0v) is 8.61. The highest BCUT2D eigenvalue weighted by Gasteiger charge is 2.39. The Morgan fingerprint density at radius 2 is 2.43 bits per heavy atom. The topological polar surface area (TPSA) is 55.6 Å². The van der Waals surface area contributed by atoms with Crippen LogP contribution in [0.15, 0.2) is 0 Å². The molecule has 2 rings (SSSR count). The molecular weight excluding hydrogens is 180 g/mol. The monoisotopic (exact) mass is 198 g/mol. The summed E-state index contributed by atoms with van der Waals surface area (Å²) >= 11 is 0. The molecule has 0 spiro atoms. The van der Waals surface area contributed by atoms with E-state index in [0.717, 1.165) is 25.9 Å². The molecule has 0 saturated carbocycles. The summed E-state index contributed by atoms with van der Waals surface area (Å²) < 4.78 is 4.98. The summed E-state index contributed by atoms with van der Waals surface area (Å²) in [4.78, 5) is 13.7. The van der Waals surface area contributed by atoms with E-state index in [0.29, 0.717) is 18.6 Å². The average molecular weight is 198 g/mol. The van der Waals surface area contributed by atoms with Gasteiger partial charge in [-0.1, -0.05) is 0 Å². The third-order valence-electron chi connectivity index (χ3n) is 3.35. The van der Waals surface area contributed by atoms with Crippen molar-refractivity contribution in [3.8, 4) is 0 Å². The Bertz CT molecular complexity index is 232. The van der Waals surface area contributed by atoms with Crippen LogP contribution in [0.4, 0.5) is 0 Å². The number of hydrogen-bond donors (Lipinski definition) is 1. The molecule has 0 aromatic heterocycles. The van der Waals surface area contributed by atoms with Crippen LogP contribution >= 0.6 is 0 Å². The fraction of sp³-hybridized carbons (Fsp3) is 0.900. The van der Waals surface area contributed by atoms with Crippen molar-refractivity contribution in [2.24, 2.45) is 11.7 Å². The summed E-state index contributed by atoms with van der Waals surface area (Å²) in [6.07, 6.45) is 1.96. The maximum atomic E-state index is 11.4. The second-order valence-corrected chi connectivity index (χ2v) is 4.36. The number of cyclic esters (lactones) is 1. The van der Waals surface area contributed by atoms with Crippen molar-refractivity contribution >= 4 is 5.97 Å². The summed E-state index contributed by atoms with van der Waals surface area (Å²) in [7, 11) is 0. The normalized spacial score (nSPS) is 39.0. The fourth-order valence-corrected chi connectivity index (χ4v) is 2.56. The van der Waals surface area contributed by atoms with Crippen molar-refractivity contribution in [2.45, 2.75) is 31.8 Å². The summed E-state index contributed by atoms with van der Waals surface area (Å²) in [6.45, 7) is 4.43. The number of esters is 1. The Morgan fingerprint density at radius 3 is 2.93 bits per heavy atom. The fourth-order valence-electron chi connectivity index (χ4n) is 2.56. The first-order chi connectivity index (χ1) is 6.72. The molecule has 0 amide bonds. The molecule has 4 nitrogen and oxygen atoms in total. The van der Waals surface area contributed by atoms with E-state index in [4.69, 9.17) is 10.5 Å². The molecule has 80 valence electrons.